The van der Waals surface area contributed by atoms with Gasteiger partial charge in [-0.3, -0.25) is 4.90 Å². The maximum Gasteiger partial charge on any atom is 0.137 e. The van der Waals surface area contributed by atoms with Crippen LogP contribution in [0.15, 0.2) is 79.4 Å². The fraction of sp³-hybridized carbons (Fsp3) is 0.267. The molecule has 7 heteroatoms. The Bertz CT molecular complexity index is 1370. The highest BCUT2D eigenvalue weighted by molar-refractivity contribution is 5.44. The lowest BCUT2D eigenvalue weighted by Gasteiger charge is -2.33. The van der Waals surface area contributed by atoms with Crippen LogP contribution in [0.2, 0.25) is 0 Å². The normalized spacial score (nSPS) is 12.9. The van der Waals surface area contributed by atoms with E-state index in [1.165, 1.54) is 29.0 Å². The van der Waals surface area contributed by atoms with Crippen LogP contribution in [0.25, 0.3) is 0 Å². The molecule has 0 spiro atoms. The lowest BCUT2D eigenvalue weighted by atomic mass is 9.92. The van der Waals surface area contributed by atoms with Crippen molar-refractivity contribution in [1.82, 2.24) is 19.7 Å². The number of hydrogen-bond acceptors (Lipinski definition) is 4. The van der Waals surface area contributed by atoms with Crippen LogP contribution < -0.4 is 0 Å². The van der Waals surface area contributed by atoms with Gasteiger partial charge in [-0.1, -0.05) is 56.0 Å². The fourth-order valence-corrected chi connectivity index (χ4v) is 4.27. The summed E-state index contributed by atoms with van der Waals surface area (Å²) in [5.41, 5.74) is 2.51. The second-order valence-electron chi connectivity index (χ2n) is 9.64. The van der Waals surface area contributed by atoms with Crippen LogP contribution in [0, 0.1) is 23.5 Å². The van der Waals surface area contributed by atoms with E-state index in [-0.39, 0.29) is 18.7 Å². The molecular weight excluding hydrogens is 470 g/mol. The zero-order chi connectivity index (χ0) is 26.4. The zero-order valence-corrected chi connectivity index (χ0v) is 21.2. The Morgan fingerprint density at radius 1 is 0.973 bits per heavy atom. The minimum atomic E-state index is -1.66. The second-order valence-corrected chi connectivity index (χ2v) is 9.64. The van der Waals surface area contributed by atoms with Crippen molar-refractivity contribution in [2.24, 2.45) is 0 Å². The molecular formula is C30H30F2N4O. The fourth-order valence-electron chi connectivity index (χ4n) is 4.27. The molecule has 3 aromatic carbocycles. The number of aromatic nitrogens is 3. The Morgan fingerprint density at radius 2 is 1.62 bits per heavy atom. The molecule has 190 valence electrons. The van der Waals surface area contributed by atoms with E-state index in [1.807, 2.05) is 48.3 Å². The third-order valence-electron chi connectivity index (χ3n) is 6.19. The number of nitrogens with zero attached hydrogens (tertiary/aromatic N) is 4. The molecule has 0 amide bonds. The largest absolute Gasteiger partial charge is 0.382 e. The summed E-state index contributed by atoms with van der Waals surface area (Å²) < 4.78 is 29.6. The highest BCUT2D eigenvalue weighted by atomic mass is 19.1. The van der Waals surface area contributed by atoms with Crippen molar-refractivity contribution >= 4 is 0 Å². The smallest absolute Gasteiger partial charge is 0.137 e. The highest BCUT2D eigenvalue weighted by Gasteiger charge is 2.34. The Balaban J connectivity index is 1.45. The molecule has 0 saturated heterocycles. The molecule has 0 bridgehead atoms. The van der Waals surface area contributed by atoms with Gasteiger partial charge in [0, 0.05) is 35.8 Å². The third-order valence-corrected chi connectivity index (χ3v) is 6.19. The van der Waals surface area contributed by atoms with E-state index in [4.69, 9.17) is 0 Å². The van der Waals surface area contributed by atoms with E-state index < -0.39 is 17.2 Å². The van der Waals surface area contributed by atoms with Gasteiger partial charge in [-0.15, -0.1) is 0 Å². The first-order chi connectivity index (χ1) is 17.7. The third kappa shape index (κ3) is 6.88. The lowest BCUT2D eigenvalue weighted by Crippen LogP contribution is -2.43. The van der Waals surface area contributed by atoms with Gasteiger partial charge in [0.15, 0.2) is 0 Å². The predicted octanol–water partition coefficient (Wildman–Crippen LogP) is 5.10. The molecule has 4 aromatic rings. The van der Waals surface area contributed by atoms with Gasteiger partial charge in [0.25, 0.3) is 0 Å². The highest BCUT2D eigenvalue weighted by Crippen LogP contribution is 2.28. The lowest BCUT2D eigenvalue weighted by molar-refractivity contribution is -0.0175. The maximum absolute atomic E-state index is 14.7. The van der Waals surface area contributed by atoms with E-state index in [1.54, 1.807) is 0 Å². The van der Waals surface area contributed by atoms with Crippen LogP contribution in [-0.4, -0.2) is 38.4 Å². The average molecular weight is 501 g/mol. The van der Waals surface area contributed by atoms with E-state index in [0.29, 0.717) is 12.5 Å². The van der Waals surface area contributed by atoms with E-state index in [2.05, 4.69) is 47.9 Å². The number of halogens is 2. The van der Waals surface area contributed by atoms with E-state index in [9.17, 15) is 13.9 Å². The molecule has 5 nitrogen and oxygen atoms in total. The SMILES string of the molecule is CC(C)c1ccc(C#Cc2ccc(CN(C)CC(O)(Cn3cncn3)c3ccc(F)cc3F)cc2)cc1. The van der Waals surface area contributed by atoms with Crippen molar-refractivity contribution in [3.63, 3.8) is 0 Å². The maximum atomic E-state index is 14.7. The molecule has 0 aliphatic heterocycles. The predicted molar refractivity (Wildman–Crippen MR) is 140 cm³/mol. The van der Waals surface area contributed by atoms with Gasteiger partial charge in [-0.05, 0) is 54.4 Å². The quantitative estimate of drug-likeness (QED) is 0.342. The first-order valence-electron chi connectivity index (χ1n) is 12.1. The van der Waals surface area contributed by atoms with Crippen LogP contribution in [0.5, 0.6) is 0 Å². The van der Waals surface area contributed by atoms with Crippen molar-refractivity contribution in [1.29, 1.82) is 0 Å². The standard InChI is InChI=1S/C30H30F2N4O/c1-22(2)26-12-10-24(11-13-26)5-4-23-6-8-25(9-7-23)17-35(3)18-30(37,19-36-21-33-20-34-36)28-15-14-27(31)16-29(28)32/h6-16,20-22,37H,17-19H2,1-3H3. The number of hydrogen-bond donors (Lipinski definition) is 1. The summed E-state index contributed by atoms with van der Waals surface area (Å²) in [6, 6.07) is 19.4. The molecule has 0 fully saturated rings. The van der Waals surface area contributed by atoms with Gasteiger partial charge in [0.2, 0.25) is 0 Å². The molecule has 4 rings (SSSR count). The van der Waals surface area contributed by atoms with Crippen LogP contribution in [0.3, 0.4) is 0 Å². The second kappa shape index (κ2) is 11.5. The van der Waals surface area contributed by atoms with Crippen LogP contribution >= 0.6 is 0 Å². The Labute approximate surface area is 216 Å². The number of likely N-dealkylation sites (N-methyl/N-ethyl adjacent to an activating group) is 1. The first kappa shape index (κ1) is 26.2. The molecule has 0 saturated carbocycles. The Morgan fingerprint density at radius 3 is 2.19 bits per heavy atom. The number of aliphatic hydroxyl groups is 1. The van der Waals surface area contributed by atoms with Crippen molar-refractivity contribution in [2.45, 2.75) is 38.5 Å². The van der Waals surface area contributed by atoms with Crippen molar-refractivity contribution in [2.75, 3.05) is 13.6 Å². The Hall–Kier alpha value is -3.86. The molecule has 1 N–H and O–H groups in total. The van der Waals surface area contributed by atoms with E-state index >= 15 is 0 Å². The van der Waals surface area contributed by atoms with Crippen molar-refractivity contribution < 1.29 is 13.9 Å². The monoisotopic (exact) mass is 500 g/mol. The molecule has 0 aliphatic rings. The van der Waals surface area contributed by atoms with Gasteiger partial charge in [-0.2, -0.15) is 5.10 Å². The molecule has 1 heterocycles. The topological polar surface area (TPSA) is 54.2 Å². The van der Waals surface area contributed by atoms with Gasteiger partial charge >= 0.3 is 0 Å². The molecule has 1 atom stereocenters. The minimum absolute atomic E-state index is 0.00305. The molecule has 37 heavy (non-hydrogen) atoms. The van der Waals surface area contributed by atoms with Crippen molar-refractivity contribution in [3.05, 3.63) is 119 Å². The zero-order valence-electron chi connectivity index (χ0n) is 21.2. The van der Waals surface area contributed by atoms with Crippen LogP contribution in [-0.2, 0) is 18.7 Å². The summed E-state index contributed by atoms with van der Waals surface area (Å²) in [7, 11) is 1.84. The Kier molecular flexibility index (Phi) is 8.12. The molecule has 1 aromatic heterocycles. The summed E-state index contributed by atoms with van der Waals surface area (Å²) in [4.78, 5) is 5.78. The molecule has 0 aliphatic carbocycles. The van der Waals surface area contributed by atoms with Gasteiger partial charge in [-0.25, -0.2) is 18.4 Å². The molecule has 0 radical (unpaired) electrons. The number of benzene rings is 3. The van der Waals surface area contributed by atoms with Gasteiger partial charge < -0.3 is 5.11 Å². The molecule has 1 unspecified atom stereocenters. The van der Waals surface area contributed by atoms with Gasteiger partial charge in [0.05, 0.1) is 6.54 Å². The number of rotatable bonds is 8. The first-order valence-corrected chi connectivity index (χ1v) is 12.1. The summed E-state index contributed by atoms with van der Waals surface area (Å²) >= 11 is 0. The average Bonchev–Trinajstić information content (AvgIpc) is 3.36. The summed E-state index contributed by atoms with van der Waals surface area (Å²) in [5, 5.41) is 15.6. The summed E-state index contributed by atoms with van der Waals surface area (Å²) in [6.45, 7) is 4.89. The van der Waals surface area contributed by atoms with Crippen molar-refractivity contribution in [3.8, 4) is 11.8 Å². The van der Waals surface area contributed by atoms with Crippen LogP contribution in [0.4, 0.5) is 8.78 Å². The van der Waals surface area contributed by atoms with Crippen LogP contribution in [0.1, 0.15) is 47.6 Å². The van der Waals surface area contributed by atoms with E-state index in [0.717, 1.165) is 28.8 Å². The minimum Gasteiger partial charge on any atom is -0.382 e. The van der Waals surface area contributed by atoms with Gasteiger partial charge in [0.1, 0.15) is 29.9 Å². The summed E-state index contributed by atoms with van der Waals surface area (Å²) in [5.74, 6) is 5.37. The summed E-state index contributed by atoms with van der Waals surface area (Å²) in [6.07, 6.45) is 2.79.